The van der Waals surface area contributed by atoms with Gasteiger partial charge < -0.3 is 0 Å². The number of hydrogen-bond acceptors (Lipinski definition) is 0. The molecule has 0 unspecified atom stereocenters. The maximum Gasteiger partial charge on any atom is -0.0146 e. The Kier molecular flexibility index (Phi) is 3.33. The molecule has 0 heterocycles. The standard InChI is InChI=1S/C12H17/c1-4-5-6-12-9-10(2)7-8-11(12)3/h7,9H,4-6H2,1-3H3. The zero-order valence-electron chi connectivity index (χ0n) is 8.28. The van der Waals surface area contributed by atoms with Gasteiger partial charge in [0.05, 0.1) is 0 Å². The smallest absolute Gasteiger partial charge is 0.0146 e. The highest BCUT2D eigenvalue weighted by atomic mass is 14.0. The summed E-state index contributed by atoms with van der Waals surface area (Å²) in [6.45, 7) is 6.50. The normalized spacial score (nSPS) is 10.2. The minimum atomic E-state index is 1.21. The Morgan fingerprint density at radius 2 is 2.08 bits per heavy atom. The van der Waals surface area contributed by atoms with Gasteiger partial charge in [-0.05, 0) is 43.9 Å². The minimum Gasteiger partial charge on any atom is -0.0654 e. The first-order chi connectivity index (χ1) is 5.74. The van der Waals surface area contributed by atoms with Crippen molar-refractivity contribution in [2.45, 2.75) is 40.0 Å². The molecule has 0 atom stereocenters. The summed E-state index contributed by atoms with van der Waals surface area (Å²) < 4.78 is 0. The van der Waals surface area contributed by atoms with Crippen LogP contribution < -0.4 is 0 Å². The average Bonchev–Trinajstić information content (AvgIpc) is 2.07. The molecule has 0 N–H and O–H groups in total. The van der Waals surface area contributed by atoms with Gasteiger partial charge in [-0.1, -0.05) is 31.0 Å². The van der Waals surface area contributed by atoms with Crippen molar-refractivity contribution in [3.05, 3.63) is 34.9 Å². The molecular weight excluding hydrogens is 144 g/mol. The van der Waals surface area contributed by atoms with Crippen molar-refractivity contribution in [2.75, 3.05) is 0 Å². The highest BCUT2D eigenvalue weighted by Gasteiger charge is 1.97. The summed E-state index contributed by atoms with van der Waals surface area (Å²) in [5.41, 5.74) is 4.11. The minimum absolute atomic E-state index is 1.21. The molecule has 0 heteroatoms. The highest BCUT2D eigenvalue weighted by molar-refractivity contribution is 5.29. The monoisotopic (exact) mass is 161 g/mol. The third-order valence-electron chi connectivity index (χ3n) is 2.20. The van der Waals surface area contributed by atoms with E-state index in [2.05, 4.69) is 39.0 Å². The third-order valence-corrected chi connectivity index (χ3v) is 2.20. The lowest BCUT2D eigenvalue weighted by molar-refractivity contribution is 0.790. The third kappa shape index (κ3) is 2.37. The summed E-state index contributed by atoms with van der Waals surface area (Å²) in [7, 11) is 0. The van der Waals surface area contributed by atoms with Gasteiger partial charge in [0.2, 0.25) is 0 Å². The Balaban J connectivity index is 2.75. The molecule has 1 radical (unpaired) electrons. The number of hydrogen-bond donors (Lipinski definition) is 0. The summed E-state index contributed by atoms with van der Waals surface area (Å²) >= 11 is 0. The first-order valence-corrected chi connectivity index (χ1v) is 4.72. The van der Waals surface area contributed by atoms with Crippen molar-refractivity contribution in [2.24, 2.45) is 0 Å². The van der Waals surface area contributed by atoms with Crippen LogP contribution in [0.2, 0.25) is 0 Å². The van der Waals surface area contributed by atoms with Crippen LogP contribution in [0.5, 0.6) is 0 Å². The van der Waals surface area contributed by atoms with Gasteiger partial charge in [-0.3, -0.25) is 0 Å². The molecule has 0 aliphatic rings. The number of unbranched alkanes of at least 4 members (excludes halogenated alkanes) is 1. The first kappa shape index (κ1) is 9.31. The Hall–Kier alpha value is -0.780. The molecule has 12 heavy (non-hydrogen) atoms. The fraction of sp³-hybridized carbons (Fsp3) is 0.500. The van der Waals surface area contributed by atoms with Gasteiger partial charge in [0, 0.05) is 0 Å². The fourth-order valence-corrected chi connectivity index (χ4v) is 1.37. The molecule has 0 bridgehead atoms. The van der Waals surface area contributed by atoms with Crippen molar-refractivity contribution >= 4 is 0 Å². The SMILES string of the molecule is CCCCc1cc(C)c[c]c1C. The molecule has 0 nitrogen and oxygen atoms in total. The van der Waals surface area contributed by atoms with Crippen molar-refractivity contribution in [1.82, 2.24) is 0 Å². The molecular formula is C12H17. The Bertz CT molecular complexity index is 248. The summed E-state index contributed by atoms with van der Waals surface area (Å²) in [6.07, 6.45) is 3.77. The van der Waals surface area contributed by atoms with Gasteiger partial charge in [0.25, 0.3) is 0 Å². The van der Waals surface area contributed by atoms with Crippen LogP contribution in [-0.2, 0) is 6.42 Å². The van der Waals surface area contributed by atoms with Crippen LogP contribution in [0.25, 0.3) is 0 Å². The summed E-state index contributed by atoms with van der Waals surface area (Å²) in [5, 5.41) is 0. The van der Waals surface area contributed by atoms with E-state index in [1.54, 1.807) is 0 Å². The molecule has 0 saturated heterocycles. The Morgan fingerprint density at radius 1 is 1.33 bits per heavy atom. The molecule has 1 rings (SSSR count). The van der Waals surface area contributed by atoms with Crippen LogP contribution in [-0.4, -0.2) is 0 Å². The first-order valence-electron chi connectivity index (χ1n) is 4.72. The maximum atomic E-state index is 3.28. The maximum absolute atomic E-state index is 3.28. The number of benzene rings is 1. The molecule has 0 spiro atoms. The van der Waals surface area contributed by atoms with Crippen LogP contribution in [0.4, 0.5) is 0 Å². The summed E-state index contributed by atoms with van der Waals surface area (Å²) in [5.74, 6) is 0. The average molecular weight is 161 g/mol. The molecule has 1 aromatic carbocycles. The molecule has 1 aromatic rings. The van der Waals surface area contributed by atoms with Crippen LogP contribution in [0.1, 0.15) is 36.5 Å². The Morgan fingerprint density at radius 3 is 2.75 bits per heavy atom. The number of aryl methyl sites for hydroxylation is 3. The van der Waals surface area contributed by atoms with E-state index in [1.807, 2.05) is 0 Å². The second-order valence-electron chi connectivity index (χ2n) is 3.43. The van der Waals surface area contributed by atoms with Crippen LogP contribution in [0.15, 0.2) is 12.1 Å². The molecule has 65 valence electrons. The van der Waals surface area contributed by atoms with Gasteiger partial charge >= 0.3 is 0 Å². The largest absolute Gasteiger partial charge is 0.0654 e. The topological polar surface area (TPSA) is 0 Å². The van der Waals surface area contributed by atoms with E-state index in [-0.39, 0.29) is 0 Å². The predicted octanol–water partition coefficient (Wildman–Crippen LogP) is 3.45. The molecule has 0 aliphatic carbocycles. The molecule has 0 aromatic heterocycles. The van der Waals surface area contributed by atoms with Crippen molar-refractivity contribution < 1.29 is 0 Å². The number of rotatable bonds is 3. The summed E-state index contributed by atoms with van der Waals surface area (Å²) in [4.78, 5) is 0. The van der Waals surface area contributed by atoms with Crippen LogP contribution in [0, 0.1) is 19.9 Å². The lowest BCUT2D eigenvalue weighted by Crippen LogP contribution is -1.90. The van der Waals surface area contributed by atoms with E-state index in [0.29, 0.717) is 0 Å². The van der Waals surface area contributed by atoms with E-state index in [9.17, 15) is 0 Å². The lowest BCUT2D eigenvalue weighted by atomic mass is 10.0. The van der Waals surface area contributed by atoms with E-state index >= 15 is 0 Å². The Labute approximate surface area is 75.6 Å². The van der Waals surface area contributed by atoms with E-state index < -0.39 is 0 Å². The molecule has 0 aliphatic heterocycles. The predicted molar refractivity (Wildman–Crippen MR) is 53.4 cm³/mol. The summed E-state index contributed by atoms with van der Waals surface area (Å²) in [6, 6.07) is 7.62. The van der Waals surface area contributed by atoms with E-state index in [0.717, 1.165) is 0 Å². The van der Waals surface area contributed by atoms with E-state index in [1.165, 1.54) is 36.0 Å². The van der Waals surface area contributed by atoms with Crippen molar-refractivity contribution in [3.63, 3.8) is 0 Å². The van der Waals surface area contributed by atoms with Gasteiger partial charge in [0.1, 0.15) is 0 Å². The van der Waals surface area contributed by atoms with Crippen LogP contribution >= 0.6 is 0 Å². The molecule has 0 fully saturated rings. The van der Waals surface area contributed by atoms with Gasteiger partial charge in [-0.25, -0.2) is 0 Å². The quantitative estimate of drug-likeness (QED) is 0.637. The highest BCUT2D eigenvalue weighted by Crippen LogP contribution is 2.12. The van der Waals surface area contributed by atoms with Crippen LogP contribution in [0.3, 0.4) is 0 Å². The van der Waals surface area contributed by atoms with Gasteiger partial charge in [-0.2, -0.15) is 0 Å². The second-order valence-corrected chi connectivity index (χ2v) is 3.43. The molecule has 0 amide bonds. The second kappa shape index (κ2) is 4.30. The zero-order valence-corrected chi connectivity index (χ0v) is 8.28. The van der Waals surface area contributed by atoms with Crippen molar-refractivity contribution in [1.29, 1.82) is 0 Å². The zero-order chi connectivity index (χ0) is 8.97. The van der Waals surface area contributed by atoms with Gasteiger partial charge in [-0.15, -0.1) is 0 Å². The molecule has 0 saturated carbocycles. The van der Waals surface area contributed by atoms with E-state index in [4.69, 9.17) is 0 Å². The van der Waals surface area contributed by atoms with Gasteiger partial charge in [0.15, 0.2) is 0 Å². The fourth-order valence-electron chi connectivity index (χ4n) is 1.37. The lowest BCUT2D eigenvalue weighted by Gasteiger charge is -2.04. The van der Waals surface area contributed by atoms with Crippen molar-refractivity contribution in [3.8, 4) is 0 Å².